The molecule has 0 amide bonds. The summed E-state index contributed by atoms with van der Waals surface area (Å²) < 4.78 is 13.5. The number of halogens is 1. The smallest absolute Gasteiger partial charge is 0.123 e. The van der Waals surface area contributed by atoms with Gasteiger partial charge < -0.3 is 15.2 Å². The van der Waals surface area contributed by atoms with Crippen molar-refractivity contribution >= 4 is 15.9 Å². The first-order chi connectivity index (χ1) is 9.97. The van der Waals surface area contributed by atoms with Crippen LogP contribution in [0.25, 0.3) is 0 Å². The largest absolute Gasteiger partial charge is 0.497 e. The van der Waals surface area contributed by atoms with E-state index in [1.807, 2.05) is 36.9 Å². The van der Waals surface area contributed by atoms with Crippen molar-refractivity contribution in [2.75, 3.05) is 14.2 Å². The van der Waals surface area contributed by atoms with Crippen LogP contribution in [0.4, 0.5) is 0 Å². The summed E-state index contributed by atoms with van der Waals surface area (Å²) in [7, 11) is 5.20. The third-order valence-corrected chi connectivity index (χ3v) is 4.54. The maximum atomic E-state index is 6.38. The van der Waals surface area contributed by atoms with E-state index < -0.39 is 0 Å². The molecule has 2 aromatic rings. The highest BCUT2D eigenvalue weighted by Gasteiger charge is 2.18. The Labute approximate surface area is 133 Å². The summed E-state index contributed by atoms with van der Waals surface area (Å²) in [6.07, 6.45) is 0.654. The Morgan fingerprint density at radius 1 is 1.33 bits per heavy atom. The molecule has 1 aromatic carbocycles. The molecule has 0 saturated carbocycles. The summed E-state index contributed by atoms with van der Waals surface area (Å²) >= 11 is 3.57. The molecule has 0 aliphatic carbocycles. The fraction of sp³-hybridized carbons (Fsp3) is 0.400. The molecule has 1 heterocycles. The fourth-order valence-electron chi connectivity index (χ4n) is 2.35. The van der Waals surface area contributed by atoms with Gasteiger partial charge >= 0.3 is 0 Å². The van der Waals surface area contributed by atoms with E-state index in [9.17, 15) is 0 Å². The average molecular weight is 354 g/mol. The van der Waals surface area contributed by atoms with Crippen LogP contribution in [0.1, 0.15) is 23.0 Å². The van der Waals surface area contributed by atoms with Gasteiger partial charge in [-0.15, -0.1) is 0 Å². The van der Waals surface area contributed by atoms with Gasteiger partial charge in [-0.2, -0.15) is 5.10 Å². The molecule has 6 heteroatoms. The topological polar surface area (TPSA) is 62.3 Å². The molecule has 0 aliphatic heterocycles. The van der Waals surface area contributed by atoms with E-state index in [1.165, 1.54) is 0 Å². The first-order valence-corrected chi connectivity index (χ1v) is 7.42. The number of nitrogens with two attached hydrogens (primary N) is 1. The van der Waals surface area contributed by atoms with Gasteiger partial charge in [0.25, 0.3) is 0 Å². The van der Waals surface area contributed by atoms with Gasteiger partial charge in [0.05, 0.1) is 30.1 Å². The zero-order chi connectivity index (χ0) is 15.6. The zero-order valence-corrected chi connectivity index (χ0v) is 14.3. The summed E-state index contributed by atoms with van der Waals surface area (Å²) in [5, 5.41) is 4.39. The van der Waals surface area contributed by atoms with Gasteiger partial charge in [0.15, 0.2) is 0 Å². The summed E-state index contributed by atoms with van der Waals surface area (Å²) in [5.74, 6) is 1.53. The Morgan fingerprint density at radius 3 is 2.57 bits per heavy atom. The van der Waals surface area contributed by atoms with Crippen molar-refractivity contribution in [1.29, 1.82) is 0 Å². The maximum Gasteiger partial charge on any atom is 0.123 e. The third-order valence-electron chi connectivity index (χ3n) is 3.51. The molecule has 0 spiro atoms. The quantitative estimate of drug-likeness (QED) is 0.897. The van der Waals surface area contributed by atoms with Gasteiger partial charge in [-0.3, -0.25) is 4.68 Å². The van der Waals surface area contributed by atoms with Crippen LogP contribution in [0.3, 0.4) is 0 Å². The van der Waals surface area contributed by atoms with Gasteiger partial charge in [0, 0.05) is 25.1 Å². The monoisotopic (exact) mass is 353 g/mol. The lowest BCUT2D eigenvalue weighted by molar-refractivity contribution is 0.394. The molecule has 2 rings (SSSR count). The third kappa shape index (κ3) is 3.22. The minimum atomic E-state index is -0.207. The summed E-state index contributed by atoms with van der Waals surface area (Å²) in [6, 6.07) is 5.44. The van der Waals surface area contributed by atoms with E-state index in [4.69, 9.17) is 15.2 Å². The molecule has 1 atom stereocenters. The fourth-order valence-corrected chi connectivity index (χ4v) is 2.85. The average Bonchev–Trinajstić information content (AvgIpc) is 2.72. The standard InChI is InChI=1S/C15H20BrN3O2/c1-9-15(16)13(19(2)18-9)8-12(17)11-7-10(20-3)5-6-14(11)21-4/h5-7,12H,8,17H2,1-4H3. The molecule has 0 fully saturated rings. The SMILES string of the molecule is COc1ccc(OC)c(C(N)Cc2c(Br)c(C)nn2C)c1. The Bertz CT molecular complexity index is 640. The highest BCUT2D eigenvalue weighted by atomic mass is 79.9. The van der Waals surface area contributed by atoms with Crippen molar-refractivity contribution in [3.63, 3.8) is 0 Å². The van der Waals surface area contributed by atoms with E-state index in [1.54, 1.807) is 14.2 Å². The molecule has 0 saturated heterocycles. The van der Waals surface area contributed by atoms with Crippen LogP contribution in [-0.2, 0) is 13.5 Å². The molecule has 0 radical (unpaired) electrons. The van der Waals surface area contributed by atoms with Gasteiger partial charge in [0.2, 0.25) is 0 Å². The number of nitrogens with zero attached hydrogens (tertiary/aromatic N) is 2. The summed E-state index contributed by atoms with van der Waals surface area (Å²) in [5.41, 5.74) is 9.31. The lowest BCUT2D eigenvalue weighted by atomic mass is 10.0. The predicted octanol–water partition coefficient (Wildman–Crippen LogP) is 2.75. The first kappa shape index (κ1) is 15.9. The van der Waals surface area contributed by atoms with E-state index in [-0.39, 0.29) is 6.04 Å². The number of rotatable bonds is 5. The molecule has 0 aliphatic rings. The second-order valence-electron chi connectivity index (χ2n) is 4.89. The number of hydrogen-bond donors (Lipinski definition) is 1. The lowest BCUT2D eigenvalue weighted by Gasteiger charge is -2.17. The van der Waals surface area contributed by atoms with Crippen LogP contribution in [-0.4, -0.2) is 24.0 Å². The molecule has 114 valence electrons. The van der Waals surface area contributed by atoms with Crippen molar-refractivity contribution in [3.05, 3.63) is 39.6 Å². The van der Waals surface area contributed by atoms with Gasteiger partial charge in [-0.1, -0.05) is 0 Å². The molecule has 0 bridgehead atoms. The number of methoxy groups -OCH3 is 2. The lowest BCUT2D eigenvalue weighted by Crippen LogP contribution is -2.16. The number of ether oxygens (including phenoxy) is 2. The highest BCUT2D eigenvalue weighted by Crippen LogP contribution is 2.31. The van der Waals surface area contributed by atoms with Crippen LogP contribution in [0.2, 0.25) is 0 Å². The van der Waals surface area contributed by atoms with Gasteiger partial charge in [-0.05, 0) is 41.1 Å². The Balaban J connectivity index is 2.33. The van der Waals surface area contributed by atoms with Crippen LogP contribution in [0, 0.1) is 6.92 Å². The van der Waals surface area contributed by atoms with E-state index >= 15 is 0 Å². The van der Waals surface area contributed by atoms with Crippen molar-refractivity contribution in [1.82, 2.24) is 9.78 Å². The molecule has 1 aromatic heterocycles. The van der Waals surface area contributed by atoms with Crippen LogP contribution in [0.5, 0.6) is 11.5 Å². The van der Waals surface area contributed by atoms with Crippen LogP contribution in [0.15, 0.2) is 22.7 Å². The normalized spacial score (nSPS) is 12.3. The second kappa shape index (κ2) is 6.49. The molecule has 21 heavy (non-hydrogen) atoms. The summed E-state index contributed by atoms with van der Waals surface area (Å²) in [6.45, 7) is 1.96. The van der Waals surface area contributed by atoms with Gasteiger partial charge in [-0.25, -0.2) is 0 Å². The van der Waals surface area contributed by atoms with Crippen molar-refractivity contribution < 1.29 is 9.47 Å². The van der Waals surface area contributed by atoms with Crippen molar-refractivity contribution in [2.45, 2.75) is 19.4 Å². The zero-order valence-electron chi connectivity index (χ0n) is 12.7. The first-order valence-electron chi connectivity index (χ1n) is 6.63. The molecule has 1 unspecified atom stereocenters. The van der Waals surface area contributed by atoms with Crippen molar-refractivity contribution in [3.8, 4) is 11.5 Å². The maximum absolute atomic E-state index is 6.38. The number of aryl methyl sites for hydroxylation is 2. The second-order valence-corrected chi connectivity index (χ2v) is 5.68. The predicted molar refractivity (Wildman–Crippen MR) is 85.8 cm³/mol. The molecule has 5 nitrogen and oxygen atoms in total. The van der Waals surface area contributed by atoms with Gasteiger partial charge in [0.1, 0.15) is 11.5 Å². The van der Waals surface area contributed by atoms with E-state index in [0.29, 0.717) is 6.42 Å². The number of hydrogen-bond acceptors (Lipinski definition) is 4. The molecule has 2 N–H and O–H groups in total. The van der Waals surface area contributed by atoms with Crippen LogP contribution < -0.4 is 15.2 Å². The van der Waals surface area contributed by atoms with Crippen LogP contribution >= 0.6 is 15.9 Å². The van der Waals surface area contributed by atoms with Crippen molar-refractivity contribution in [2.24, 2.45) is 12.8 Å². The number of benzene rings is 1. The minimum Gasteiger partial charge on any atom is -0.497 e. The Kier molecular flexibility index (Phi) is 4.90. The minimum absolute atomic E-state index is 0.207. The Hall–Kier alpha value is -1.53. The highest BCUT2D eigenvalue weighted by molar-refractivity contribution is 9.10. The number of aromatic nitrogens is 2. The molecular weight excluding hydrogens is 334 g/mol. The van der Waals surface area contributed by atoms with E-state index in [0.717, 1.165) is 32.9 Å². The van der Waals surface area contributed by atoms with E-state index in [2.05, 4.69) is 21.0 Å². The summed E-state index contributed by atoms with van der Waals surface area (Å²) in [4.78, 5) is 0. The molecular formula is C15H20BrN3O2. The Morgan fingerprint density at radius 2 is 2.05 bits per heavy atom.